The van der Waals surface area contributed by atoms with Gasteiger partial charge in [-0.15, -0.1) is 0 Å². The maximum absolute atomic E-state index is 12.3. The fourth-order valence-electron chi connectivity index (χ4n) is 3.05. The smallest absolute Gasteiger partial charge is 0.317 e. The van der Waals surface area contributed by atoms with E-state index in [1.807, 2.05) is 11.0 Å². The largest absolute Gasteiger partial charge is 0.357 e. The molecule has 1 aliphatic rings. The number of rotatable bonds is 3. The highest BCUT2D eigenvalue weighted by atomic mass is 16.2. The van der Waals surface area contributed by atoms with Gasteiger partial charge in [0.2, 0.25) is 0 Å². The van der Waals surface area contributed by atoms with Gasteiger partial charge < -0.3 is 15.2 Å². The van der Waals surface area contributed by atoms with Crippen molar-refractivity contribution in [2.75, 3.05) is 13.1 Å². The number of aromatic nitrogens is 1. The molecule has 112 valence electrons. The summed E-state index contributed by atoms with van der Waals surface area (Å²) < 4.78 is 0. The summed E-state index contributed by atoms with van der Waals surface area (Å²) in [4.78, 5) is 17.7. The van der Waals surface area contributed by atoms with Gasteiger partial charge in [0.1, 0.15) is 0 Å². The molecule has 0 fully saturated rings. The quantitative estimate of drug-likeness (QED) is 0.834. The maximum Gasteiger partial charge on any atom is 0.317 e. The van der Waals surface area contributed by atoms with Crippen LogP contribution in [-0.2, 0) is 13.0 Å². The zero-order chi connectivity index (χ0) is 14.7. The molecule has 1 aromatic heterocycles. The minimum atomic E-state index is 0.0648. The van der Waals surface area contributed by atoms with Gasteiger partial charge in [-0.2, -0.15) is 0 Å². The number of aryl methyl sites for hydroxylation is 1. The average Bonchev–Trinajstić information content (AvgIpc) is 2.70. The van der Waals surface area contributed by atoms with E-state index >= 15 is 0 Å². The van der Waals surface area contributed by atoms with E-state index < -0.39 is 0 Å². The Bertz CT molecular complexity index is 632. The summed E-state index contributed by atoms with van der Waals surface area (Å²) in [6, 6.07) is 8.47. The van der Waals surface area contributed by atoms with Crippen LogP contribution in [0, 0.1) is 0 Å². The number of H-pyrrole nitrogens is 1. The summed E-state index contributed by atoms with van der Waals surface area (Å²) in [5.74, 6) is 0. The molecule has 0 bridgehead atoms. The summed E-state index contributed by atoms with van der Waals surface area (Å²) in [7, 11) is 0. The molecule has 0 unspecified atom stereocenters. The molecule has 2 N–H and O–H groups in total. The van der Waals surface area contributed by atoms with Gasteiger partial charge in [0.05, 0.1) is 6.54 Å². The zero-order valence-electron chi connectivity index (χ0n) is 12.6. The third kappa shape index (κ3) is 2.89. The molecule has 4 nitrogen and oxygen atoms in total. The van der Waals surface area contributed by atoms with E-state index in [4.69, 9.17) is 0 Å². The van der Waals surface area contributed by atoms with Crippen LogP contribution in [0.1, 0.15) is 37.4 Å². The second-order valence-electron chi connectivity index (χ2n) is 5.74. The van der Waals surface area contributed by atoms with Crippen LogP contribution >= 0.6 is 0 Å². The number of amides is 2. The fourth-order valence-corrected chi connectivity index (χ4v) is 3.05. The number of benzene rings is 1. The Labute approximate surface area is 125 Å². The molecule has 2 heterocycles. The van der Waals surface area contributed by atoms with Crippen molar-refractivity contribution < 1.29 is 4.79 Å². The number of carbonyl (C=O) groups excluding carboxylic acids is 1. The molecule has 2 amide bonds. The molecule has 2 aromatic rings. The molecule has 1 aromatic carbocycles. The number of urea groups is 1. The highest BCUT2D eigenvalue weighted by Gasteiger charge is 2.21. The second kappa shape index (κ2) is 6.20. The Morgan fingerprint density at radius 1 is 1.38 bits per heavy atom. The highest BCUT2D eigenvalue weighted by Crippen LogP contribution is 2.27. The SMILES string of the molecule is CCCCNC(=O)N1CCCc2c([nH]c3ccccc23)C1. The normalized spacial score (nSPS) is 14.8. The molecule has 0 aliphatic carbocycles. The van der Waals surface area contributed by atoms with Crippen LogP contribution < -0.4 is 5.32 Å². The van der Waals surface area contributed by atoms with E-state index in [9.17, 15) is 4.79 Å². The first-order chi connectivity index (χ1) is 10.3. The number of para-hydroxylation sites is 1. The molecule has 3 rings (SSSR count). The third-order valence-corrected chi connectivity index (χ3v) is 4.20. The minimum Gasteiger partial charge on any atom is -0.357 e. The molecule has 21 heavy (non-hydrogen) atoms. The number of hydrogen-bond acceptors (Lipinski definition) is 1. The van der Waals surface area contributed by atoms with E-state index in [-0.39, 0.29) is 6.03 Å². The van der Waals surface area contributed by atoms with Crippen LogP contribution in [0.2, 0.25) is 0 Å². The van der Waals surface area contributed by atoms with Crippen LogP contribution in [0.25, 0.3) is 10.9 Å². The molecule has 0 saturated carbocycles. The summed E-state index contributed by atoms with van der Waals surface area (Å²) in [5, 5.41) is 4.32. The number of unbranched alkanes of at least 4 members (excludes halogenated alkanes) is 1. The lowest BCUT2D eigenvalue weighted by molar-refractivity contribution is 0.195. The molecule has 4 heteroatoms. The molecule has 1 aliphatic heterocycles. The molecular weight excluding hydrogens is 262 g/mol. The fraction of sp³-hybridized carbons (Fsp3) is 0.471. The van der Waals surface area contributed by atoms with E-state index in [1.54, 1.807) is 0 Å². The van der Waals surface area contributed by atoms with Crippen LogP contribution in [0.5, 0.6) is 0 Å². The first-order valence-electron chi connectivity index (χ1n) is 7.91. The Hall–Kier alpha value is -1.97. The van der Waals surface area contributed by atoms with E-state index in [2.05, 4.69) is 35.4 Å². The van der Waals surface area contributed by atoms with Crippen molar-refractivity contribution in [1.29, 1.82) is 0 Å². The number of hydrogen-bond donors (Lipinski definition) is 2. The van der Waals surface area contributed by atoms with Crippen molar-refractivity contribution >= 4 is 16.9 Å². The summed E-state index contributed by atoms with van der Waals surface area (Å²) >= 11 is 0. The molecule has 0 spiro atoms. The van der Waals surface area contributed by atoms with Gasteiger partial charge in [0.15, 0.2) is 0 Å². The van der Waals surface area contributed by atoms with Gasteiger partial charge in [-0.1, -0.05) is 31.5 Å². The number of aromatic amines is 1. The second-order valence-corrected chi connectivity index (χ2v) is 5.74. The van der Waals surface area contributed by atoms with Gasteiger partial charge in [0.25, 0.3) is 0 Å². The van der Waals surface area contributed by atoms with Crippen molar-refractivity contribution in [3.05, 3.63) is 35.5 Å². The van der Waals surface area contributed by atoms with Crippen LogP contribution in [0.4, 0.5) is 4.79 Å². The highest BCUT2D eigenvalue weighted by molar-refractivity contribution is 5.85. The Morgan fingerprint density at radius 2 is 2.24 bits per heavy atom. The van der Waals surface area contributed by atoms with Gasteiger partial charge in [-0.05, 0) is 30.9 Å². The Kier molecular flexibility index (Phi) is 4.13. The number of nitrogens with zero attached hydrogens (tertiary/aromatic N) is 1. The first-order valence-corrected chi connectivity index (χ1v) is 7.91. The van der Waals surface area contributed by atoms with Crippen molar-refractivity contribution in [1.82, 2.24) is 15.2 Å². The Balaban J connectivity index is 1.77. The van der Waals surface area contributed by atoms with Gasteiger partial charge in [-0.3, -0.25) is 0 Å². The van der Waals surface area contributed by atoms with Gasteiger partial charge >= 0.3 is 6.03 Å². The molecule has 0 atom stereocenters. The Morgan fingerprint density at radius 3 is 3.10 bits per heavy atom. The van der Waals surface area contributed by atoms with Crippen LogP contribution in [0.3, 0.4) is 0 Å². The molecule has 0 saturated heterocycles. The topological polar surface area (TPSA) is 48.1 Å². The van der Waals surface area contributed by atoms with Crippen LogP contribution in [0.15, 0.2) is 24.3 Å². The predicted octanol–water partition coefficient (Wildman–Crippen LogP) is 3.43. The molecule has 0 radical (unpaired) electrons. The maximum atomic E-state index is 12.3. The van der Waals surface area contributed by atoms with E-state index in [0.29, 0.717) is 6.54 Å². The van der Waals surface area contributed by atoms with Gasteiger partial charge in [0, 0.05) is 29.7 Å². The minimum absolute atomic E-state index is 0.0648. The lowest BCUT2D eigenvalue weighted by atomic mass is 10.1. The first kappa shape index (κ1) is 14.0. The number of carbonyl (C=O) groups is 1. The van der Waals surface area contributed by atoms with Gasteiger partial charge in [-0.25, -0.2) is 4.79 Å². The van der Waals surface area contributed by atoms with E-state index in [0.717, 1.165) is 38.8 Å². The zero-order valence-corrected chi connectivity index (χ0v) is 12.6. The third-order valence-electron chi connectivity index (χ3n) is 4.20. The summed E-state index contributed by atoms with van der Waals surface area (Å²) in [6.45, 7) is 4.41. The van der Waals surface area contributed by atoms with Crippen LogP contribution in [-0.4, -0.2) is 29.0 Å². The lowest BCUT2D eigenvalue weighted by Gasteiger charge is -2.20. The predicted molar refractivity (Wildman–Crippen MR) is 85.3 cm³/mol. The standard InChI is InChI=1S/C17H23N3O/c1-2-3-10-18-17(21)20-11-6-8-14-13-7-4-5-9-15(13)19-16(14)12-20/h4-5,7,9,19H,2-3,6,8,10-12H2,1H3,(H,18,21). The van der Waals surface area contributed by atoms with Crippen molar-refractivity contribution in [2.24, 2.45) is 0 Å². The van der Waals surface area contributed by atoms with Crippen molar-refractivity contribution in [2.45, 2.75) is 39.2 Å². The van der Waals surface area contributed by atoms with Crippen molar-refractivity contribution in [3.63, 3.8) is 0 Å². The van der Waals surface area contributed by atoms with Crippen molar-refractivity contribution in [3.8, 4) is 0 Å². The summed E-state index contributed by atoms with van der Waals surface area (Å²) in [6.07, 6.45) is 4.21. The van der Waals surface area contributed by atoms with E-state index in [1.165, 1.54) is 22.2 Å². The molecular formula is C17H23N3O. The monoisotopic (exact) mass is 285 g/mol. The summed E-state index contributed by atoms with van der Waals surface area (Å²) in [5.41, 5.74) is 3.75. The lowest BCUT2D eigenvalue weighted by Crippen LogP contribution is -2.40. The average molecular weight is 285 g/mol. The number of fused-ring (bicyclic) bond motifs is 3. The number of nitrogens with one attached hydrogen (secondary N) is 2.